The summed E-state index contributed by atoms with van der Waals surface area (Å²) >= 11 is 0. The Hall–Kier alpha value is -3.80. The fourth-order valence-electron chi connectivity index (χ4n) is 3.17. The van der Waals surface area contributed by atoms with E-state index in [2.05, 4.69) is 66.3 Å². The molecule has 0 N–H and O–H groups in total. The summed E-state index contributed by atoms with van der Waals surface area (Å²) in [5, 5.41) is 0. The maximum Gasteiger partial charge on any atom is 0.163 e. The number of nitrogens with zero attached hydrogens (tertiary/aromatic N) is 6. The van der Waals surface area contributed by atoms with Crippen molar-refractivity contribution in [3.63, 3.8) is 0 Å². The Bertz CT molecular complexity index is 1070. The number of hydrogen-bond acceptors (Lipinski definition) is 6. The molecule has 30 heavy (non-hydrogen) atoms. The number of hydrogen-bond donors (Lipinski definition) is 0. The molecule has 0 aliphatic carbocycles. The first-order valence-corrected chi connectivity index (χ1v) is 9.74. The third-order valence-electron chi connectivity index (χ3n) is 4.52. The fourth-order valence-corrected chi connectivity index (χ4v) is 3.17. The normalized spacial score (nSPS) is 11.2. The number of benzene rings is 2. The molecule has 0 aliphatic rings. The topological polar surface area (TPSA) is 77.3 Å². The van der Waals surface area contributed by atoms with Crippen LogP contribution in [-0.4, -0.2) is 29.9 Å². The van der Waals surface area contributed by atoms with E-state index in [0.29, 0.717) is 11.6 Å². The lowest BCUT2D eigenvalue weighted by Crippen LogP contribution is -1.98. The third kappa shape index (κ3) is 4.60. The molecule has 0 fully saturated rings. The molecule has 4 aromatic rings. The zero-order valence-electron chi connectivity index (χ0n) is 17.5. The van der Waals surface area contributed by atoms with Gasteiger partial charge in [-0.1, -0.05) is 60.7 Å². The van der Waals surface area contributed by atoms with Gasteiger partial charge < -0.3 is 0 Å². The summed E-state index contributed by atoms with van der Waals surface area (Å²) in [6.45, 7) is 7.51. The summed E-state index contributed by atoms with van der Waals surface area (Å²) in [5.41, 5.74) is 4.17. The van der Waals surface area contributed by atoms with Crippen molar-refractivity contribution in [2.45, 2.75) is 27.7 Å². The van der Waals surface area contributed by atoms with Crippen molar-refractivity contribution in [1.29, 1.82) is 0 Å². The lowest BCUT2D eigenvalue weighted by Gasteiger charge is -2.04. The molecular formula is C24H22N6. The van der Waals surface area contributed by atoms with Crippen LogP contribution in [0.3, 0.4) is 0 Å². The predicted molar refractivity (Wildman–Crippen MR) is 118 cm³/mol. The molecule has 0 atom stereocenters. The van der Waals surface area contributed by atoms with Gasteiger partial charge in [-0.3, -0.25) is 0 Å². The molecule has 0 amide bonds. The van der Waals surface area contributed by atoms with Crippen molar-refractivity contribution >= 4 is 12.2 Å². The molecule has 0 saturated carbocycles. The molecule has 2 heterocycles. The molecule has 0 unspecified atom stereocenters. The minimum absolute atomic E-state index is 0.704. The van der Waals surface area contributed by atoms with Gasteiger partial charge in [-0.25, -0.2) is 29.9 Å². The lowest BCUT2D eigenvalue weighted by molar-refractivity contribution is 0.928. The molecule has 0 saturated heterocycles. The molecule has 0 spiro atoms. The zero-order chi connectivity index (χ0) is 21.1. The van der Waals surface area contributed by atoms with Crippen molar-refractivity contribution in [3.8, 4) is 22.8 Å². The average Bonchev–Trinajstić information content (AvgIpc) is 2.71. The first-order valence-electron chi connectivity index (χ1n) is 9.74. The van der Waals surface area contributed by atoms with Crippen LogP contribution in [0.1, 0.15) is 34.4 Å². The largest absolute Gasteiger partial charge is 0.219 e. The zero-order valence-corrected chi connectivity index (χ0v) is 17.5. The molecule has 6 nitrogen and oxygen atoms in total. The highest BCUT2D eigenvalue weighted by molar-refractivity contribution is 5.72. The van der Waals surface area contributed by atoms with Crippen molar-refractivity contribution < 1.29 is 0 Å². The van der Waals surface area contributed by atoms with Crippen molar-refractivity contribution in [3.05, 3.63) is 83.0 Å². The van der Waals surface area contributed by atoms with Gasteiger partial charge in [0, 0.05) is 11.1 Å². The van der Waals surface area contributed by atoms with E-state index in [4.69, 9.17) is 0 Å². The van der Waals surface area contributed by atoms with Gasteiger partial charge in [0.2, 0.25) is 0 Å². The molecule has 6 heteroatoms. The van der Waals surface area contributed by atoms with E-state index in [1.807, 2.05) is 52.0 Å². The number of rotatable bonds is 4. The van der Waals surface area contributed by atoms with E-state index in [9.17, 15) is 0 Å². The molecule has 2 aromatic carbocycles. The van der Waals surface area contributed by atoms with E-state index in [-0.39, 0.29) is 0 Å². The van der Waals surface area contributed by atoms with E-state index < -0.39 is 0 Å². The van der Waals surface area contributed by atoms with E-state index in [1.165, 1.54) is 0 Å². The Balaban J connectivity index is 1.49. The molecule has 4 rings (SSSR count). The average molecular weight is 394 g/mol. The Kier molecular flexibility index (Phi) is 5.39. The first-order chi connectivity index (χ1) is 14.5. The highest BCUT2D eigenvalue weighted by Gasteiger charge is 2.05. The molecule has 2 aromatic heterocycles. The minimum Gasteiger partial charge on any atom is -0.219 e. The first kappa shape index (κ1) is 19.5. The van der Waals surface area contributed by atoms with E-state index in [1.54, 1.807) is 0 Å². The smallest absolute Gasteiger partial charge is 0.163 e. The molecule has 0 aliphatic heterocycles. The van der Waals surface area contributed by atoms with Crippen LogP contribution in [0, 0.1) is 27.7 Å². The quantitative estimate of drug-likeness (QED) is 0.463. The summed E-state index contributed by atoms with van der Waals surface area (Å²) in [7, 11) is 0. The van der Waals surface area contributed by atoms with Crippen LogP contribution in [-0.2, 0) is 0 Å². The predicted octanol–water partition coefficient (Wildman–Crippen LogP) is 4.79. The van der Waals surface area contributed by atoms with E-state index >= 15 is 0 Å². The summed E-state index contributed by atoms with van der Waals surface area (Å²) in [5.74, 6) is 4.32. The maximum absolute atomic E-state index is 4.42. The van der Waals surface area contributed by atoms with E-state index in [0.717, 1.165) is 45.6 Å². The van der Waals surface area contributed by atoms with Crippen LogP contribution in [0.15, 0.2) is 48.5 Å². The molecule has 0 radical (unpaired) electrons. The monoisotopic (exact) mass is 394 g/mol. The fraction of sp³-hybridized carbons (Fsp3) is 0.167. The van der Waals surface area contributed by atoms with Crippen LogP contribution < -0.4 is 0 Å². The van der Waals surface area contributed by atoms with Gasteiger partial charge in [-0.15, -0.1) is 0 Å². The van der Waals surface area contributed by atoms with Crippen molar-refractivity contribution in [2.24, 2.45) is 0 Å². The second kappa shape index (κ2) is 8.29. The second-order valence-electron chi connectivity index (χ2n) is 7.08. The van der Waals surface area contributed by atoms with Crippen LogP contribution in [0.2, 0.25) is 0 Å². The van der Waals surface area contributed by atoms with Gasteiger partial charge in [-0.05, 0) is 38.8 Å². The second-order valence-corrected chi connectivity index (χ2v) is 7.08. The Morgan fingerprint density at radius 2 is 0.733 bits per heavy atom. The van der Waals surface area contributed by atoms with Crippen molar-refractivity contribution in [2.75, 3.05) is 0 Å². The maximum atomic E-state index is 4.42. The minimum atomic E-state index is 0.704. The lowest BCUT2D eigenvalue weighted by atomic mass is 10.1. The Morgan fingerprint density at radius 1 is 0.433 bits per heavy atom. The number of aryl methyl sites for hydroxylation is 4. The summed E-state index contributed by atoms with van der Waals surface area (Å²) in [6.07, 6.45) is 4.17. The van der Waals surface area contributed by atoms with Gasteiger partial charge >= 0.3 is 0 Å². The van der Waals surface area contributed by atoms with Gasteiger partial charge in [-0.2, -0.15) is 0 Å². The summed E-state index contributed by atoms with van der Waals surface area (Å²) in [4.78, 5) is 26.1. The van der Waals surface area contributed by atoms with Gasteiger partial charge in [0.15, 0.2) is 11.6 Å². The van der Waals surface area contributed by atoms with Gasteiger partial charge in [0.25, 0.3) is 0 Å². The highest BCUT2D eigenvalue weighted by Crippen LogP contribution is 2.19. The number of aromatic nitrogens is 6. The summed E-state index contributed by atoms with van der Waals surface area (Å²) < 4.78 is 0. The SMILES string of the molecule is Cc1nc(C)nc(-c2ccc(C=Cc3ccc(-c4nc(C)nc(C)n4)cc3)cc2)n1. The van der Waals surface area contributed by atoms with Crippen LogP contribution in [0.25, 0.3) is 34.9 Å². The highest BCUT2D eigenvalue weighted by atomic mass is 15.0. The van der Waals surface area contributed by atoms with Gasteiger partial charge in [0.05, 0.1) is 0 Å². The van der Waals surface area contributed by atoms with Crippen LogP contribution in [0.5, 0.6) is 0 Å². The van der Waals surface area contributed by atoms with Crippen molar-refractivity contribution in [1.82, 2.24) is 29.9 Å². The van der Waals surface area contributed by atoms with Crippen LogP contribution in [0.4, 0.5) is 0 Å². The van der Waals surface area contributed by atoms with Crippen LogP contribution >= 0.6 is 0 Å². The Morgan fingerprint density at radius 3 is 1.03 bits per heavy atom. The third-order valence-corrected chi connectivity index (χ3v) is 4.52. The Labute approximate surface area is 175 Å². The molecule has 0 bridgehead atoms. The molecular weight excluding hydrogens is 372 g/mol. The standard InChI is InChI=1S/C24H22N6/c1-15-25-16(2)28-23(27-15)21-11-7-19(8-12-21)5-6-20-9-13-22(14-10-20)24-29-17(3)26-18(4)30-24/h5-14H,1-4H3. The molecule has 148 valence electrons. The summed E-state index contributed by atoms with van der Waals surface area (Å²) in [6, 6.07) is 16.4. The van der Waals surface area contributed by atoms with Gasteiger partial charge in [0.1, 0.15) is 23.3 Å².